The van der Waals surface area contributed by atoms with Crippen molar-refractivity contribution in [2.45, 2.75) is 25.7 Å². The Bertz CT molecular complexity index is 1270. The second-order valence-electron chi connectivity index (χ2n) is 7.86. The van der Waals surface area contributed by atoms with Crippen molar-refractivity contribution in [1.29, 1.82) is 0 Å². The molecule has 1 atom stereocenters. The first-order valence-electron chi connectivity index (χ1n) is 11.0. The number of benzene rings is 2. The summed E-state index contributed by atoms with van der Waals surface area (Å²) >= 11 is 0. The fourth-order valence-corrected chi connectivity index (χ4v) is 3.85. The van der Waals surface area contributed by atoms with E-state index in [1.807, 2.05) is 6.92 Å². The minimum Gasteiger partial charge on any atom is -0.507 e. The molecule has 10 heteroatoms. The van der Waals surface area contributed by atoms with Gasteiger partial charge in [0.05, 0.1) is 18.2 Å². The average Bonchev–Trinajstić information content (AvgIpc) is 3.13. The summed E-state index contributed by atoms with van der Waals surface area (Å²) in [6.07, 6.45) is -1.12. The second-order valence-corrected chi connectivity index (χ2v) is 7.86. The molecule has 0 aliphatic carbocycles. The van der Waals surface area contributed by atoms with Gasteiger partial charge in [0.2, 0.25) is 0 Å². The molecule has 1 N–H and O–H groups in total. The molecule has 4 rings (SSSR count). The van der Waals surface area contributed by atoms with E-state index in [-0.39, 0.29) is 11.3 Å². The van der Waals surface area contributed by atoms with Crippen LogP contribution in [0.15, 0.2) is 78.6 Å². The number of nitrogens with zero attached hydrogens (tertiary/aromatic N) is 2. The summed E-state index contributed by atoms with van der Waals surface area (Å²) in [5.41, 5.74) is 0.758. The minimum absolute atomic E-state index is 0.149. The smallest absolute Gasteiger partial charge is 0.507 e. The van der Waals surface area contributed by atoms with Crippen molar-refractivity contribution < 1.29 is 37.3 Å². The van der Waals surface area contributed by atoms with Gasteiger partial charge < -0.3 is 14.6 Å². The van der Waals surface area contributed by atoms with Gasteiger partial charge in [-0.25, -0.2) is 0 Å². The fraction of sp³-hybridized carbons (Fsp3) is 0.192. The SMILES string of the molecule is CCCOc1ccc(/C(O)=C2/C(=O)C(=O)N(c3ccc(OC(F)(F)F)cc3)C2c2ccncc2)cc1. The van der Waals surface area contributed by atoms with Gasteiger partial charge in [-0.1, -0.05) is 6.92 Å². The van der Waals surface area contributed by atoms with E-state index in [1.54, 1.807) is 36.4 Å². The summed E-state index contributed by atoms with van der Waals surface area (Å²) in [6.45, 7) is 2.49. The number of aliphatic hydroxyl groups is 1. The van der Waals surface area contributed by atoms with Crippen LogP contribution >= 0.6 is 0 Å². The molecule has 0 radical (unpaired) electrons. The zero-order chi connectivity index (χ0) is 25.9. The van der Waals surface area contributed by atoms with Crippen molar-refractivity contribution in [2.75, 3.05) is 11.5 Å². The molecule has 0 bridgehead atoms. The van der Waals surface area contributed by atoms with E-state index in [0.717, 1.165) is 23.5 Å². The molecular weight excluding hydrogens is 477 g/mol. The van der Waals surface area contributed by atoms with Crippen LogP contribution in [0.4, 0.5) is 18.9 Å². The van der Waals surface area contributed by atoms with Crippen molar-refractivity contribution in [1.82, 2.24) is 4.98 Å². The third-order valence-electron chi connectivity index (χ3n) is 5.42. The molecule has 1 aromatic heterocycles. The van der Waals surface area contributed by atoms with Crippen LogP contribution in [0.3, 0.4) is 0 Å². The first-order valence-corrected chi connectivity index (χ1v) is 11.0. The number of rotatable bonds is 7. The quantitative estimate of drug-likeness (QED) is 0.267. The van der Waals surface area contributed by atoms with Crippen LogP contribution in [0.1, 0.15) is 30.5 Å². The van der Waals surface area contributed by atoms with Crippen LogP contribution in [0, 0.1) is 0 Å². The highest BCUT2D eigenvalue weighted by atomic mass is 19.4. The Balaban J connectivity index is 1.77. The van der Waals surface area contributed by atoms with Gasteiger partial charge in [-0.05, 0) is 72.6 Å². The number of hydrogen-bond donors (Lipinski definition) is 1. The molecule has 1 aliphatic heterocycles. The van der Waals surface area contributed by atoms with Crippen LogP contribution in [0.2, 0.25) is 0 Å². The molecule has 2 aromatic carbocycles. The van der Waals surface area contributed by atoms with Crippen molar-refractivity contribution >= 4 is 23.1 Å². The molecule has 3 aromatic rings. The number of aliphatic hydroxyl groups excluding tert-OH is 1. The third-order valence-corrected chi connectivity index (χ3v) is 5.42. The molecule has 1 saturated heterocycles. The first-order chi connectivity index (χ1) is 17.2. The lowest BCUT2D eigenvalue weighted by molar-refractivity contribution is -0.274. The molecule has 186 valence electrons. The van der Waals surface area contributed by atoms with Gasteiger partial charge in [0.25, 0.3) is 11.7 Å². The number of carbonyl (C=O) groups is 2. The van der Waals surface area contributed by atoms with Gasteiger partial charge in [-0.2, -0.15) is 0 Å². The maximum atomic E-state index is 13.1. The Kier molecular flexibility index (Phi) is 6.96. The lowest BCUT2D eigenvalue weighted by Crippen LogP contribution is -2.29. The number of carbonyl (C=O) groups excluding carboxylic acids is 2. The van der Waals surface area contributed by atoms with Gasteiger partial charge >= 0.3 is 6.36 Å². The maximum absolute atomic E-state index is 13.1. The average molecular weight is 498 g/mol. The molecule has 7 nitrogen and oxygen atoms in total. The molecule has 1 unspecified atom stereocenters. The molecule has 1 aliphatic rings. The van der Waals surface area contributed by atoms with E-state index in [0.29, 0.717) is 23.5 Å². The van der Waals surface area contributed by atoms with E-state index in [9.17, 15) is 27.9 Å². The van der Waals surface area contributed by atoms with E-state index >= 15 is 0 Å². The topological polar surface area (TPSA) is 89.0 Å². The van der Waals surface area contributed by atoms with Gasteiger partial charge in [-0.15, -0.1) is 13.2 Å². The van der Waals surface area contributed by atoms with Crippen molar-refractivity contribution in [3.05, 3.63) is 89.8 Å². The predicted octanol–water partition coefficient (Wildman–Crippen LogP) is 5.40. The second kappa shape index (κ2) is 10.1. The van der Waals surface area contributed by atoms with E-state index in [4.69, 9.17) is 4.74 Å². The Morgan fingerprint density at radius 1 is 0.972 bits per heavy atom. The molecular formula is C26H21F3N2O5. The lowest BCUT2D eigenvalue weighted by Gasteiger charge is -2.25. The third kappa shape index (κ3) is 5.17. The van der Waals surface area contributed by atoms with Crippen LogP contribution in [-0.4, -0.2) is 34.8 Å². The van der Waals surface area contributed by atoms with Crippen molar-refractivity contribution in [2.24, 2.45) is 0 Å². The van der Waals surface area contributed by atoms with Gasteiger partial charge in [0, 0.05) is 23.6 Å². The number of halogens is 3. The zero-order valence-corrected chi connectivity index (χ0v) is 19.0. The maximum Gasteiger partial charge on any atom is 0.573 e. The number of amides is 1. The van der Waals surface area contributed by atoms with Gasteiger partial charge in [0.15, 0.2) is 0 Å². The largest absolute Gasteiger partial charge is 0.573 e. The van der Waals surface area contributed by atoms with Crippen LogP contribution < -0.4 is 14.4 Å². The monoisotopic (exact) mass is 498 g/mol. The summed E-state index contributed by atoms with van der Waals surface area (Å²) in [4.78, 5) is 31.3. The molecule has 36 heavy (non-hydrogen) atoms. The summed E-state index contributed by atoms with van der Waals surface area (Å²) < 4.78 is 47.1. The summed E-state index contributed by atoms with van der Waals surface area (Å²) in [5, 5.41) is 11.1. The number of alkyl halides is 3. The van der Waals surface area contributed by atoms with Crippen molar-refractivity contribution in [3.63, 3.8) is 0 Å². The number of aromatic nitrogens is 1. The highest BCUT2D eigenvalue weighted by molar-refractivity contribution is 6.51. The molecule has 1 fully saturated rings. The Morgan fingerprint density at radius 2 is 1.58 bits per heavy atom. The number of Topliss-reactive ketones (excluding diaryl/α,β-unsaturated/α-hetero) is 1. The number of pyridine rings is 1. The first kappa shape index (κ1) is 24.8. The number of ketones is 1. The predicted molar refractivity (Wildman–Crippen MR) is 124 cm³/mol. The Labute approximate surface area is 204 Å². The molecule has 0 saturated carbocycles. The van der Waals surface area contributed by atoms with E-state index in [1.165, 1.54) is 24.5 Å². The number of ether oxygens (including phenoxy) is 2. The number of anilines is 1. The van der Waals surface area contributed by atoms with E-state index in [2.05, 4.69) is 9.72 Å². The normalized spacial score (nSPS) is 17.3. The Morgan fingerprint density at radius 3 is 2.17 bits per heavy atom. The molecule has 2 heterocycles. The highest BCUT2D eigenvalue weighted by Crippen LogP contribution is 2.42. The highest BCUT2D eigenvalue weighted by Gasteiger charge is 2.47. The Hall–Kier alpha value is -4.34. The standard InChI is InChI=1S/C26H21F3N2O5/c1-2-15-35-19-7-3-17(4-8-19)23(32)21-22(16-11-13-30-14-12-16)31(25(34)24(21)33)18-5-9-20(10-6-18)36-26(27,28)29/h3-14,22,32H,2,15H2,1H3/b23-21-. The van der Waals surface area contributed by atoms with Gasteiger partial charge in [0.1, 0.15) is 17.3 Å². The molecule has 0 spiro atoms. The van der Waals surface area contributed by atoms with Crippen LogP contribution in [0.25, 0.3) is 5.76 Å². The summed E-state index contributed by atoms with van der Waals surface area (Å²) in [6, 6.07) is 13.1. The van der Waals surface area contributed by atoms with Crippen LogP contribution in [-0.2, 0) is 9.59 Å². The zero-order valence-electron chi connectivity index (χ0n) is 19.0. The number of hydrogen-bond acceptors (Lipinski definition) is 6. The van der Waals surface area contributed by atoms with E-state index < -0.39 is 35.6 Å². The summed E-state index contributed by atoms with van der Waals surface area (Å²) in [5.74, 6) is -2.16. The van der Waals surface area contributed by atoms with Gasteiger partial charge in [-0.3, -0.25) is 19.5 Å². The fourth-order valence-electron chi connectivity index (χ4n) is 3.85. The molecule has 1 amide bonds. The minimum atomic E-state index is -4.88. The summed E-state index contributed by atoms with van der Waals surface area (Å²) in [7, 11) is 0. The van der Waals surface area contributed by atoms with Crippen LogP contribution in [0.5, 0.6) is 11.5 Å². The van der Waals surface area contributed by atoms with Crippen molar-refractivity contribution in [3.8, 4) is 11.5 Å². The lowest BCUT2D eigenvalue weighted by atomic mass is 9.95.